The topological polar surface area (TPSA) is 53.1 Å². The van der Waals surface area contributed by atoms with E-state index in [1.165, 1.54) is 0 Å². The number of hydrogen-bond donors (Lipinski definition) is 1. The van der Waals surface area contributed by atoms with E-state index in [4.69, 9.17) is 10.5 Å². The summed E-state index contributed by atoms with van der Waals surface area (Å²) in [5, 5.41) is 4.32. The predicted octanol–water partition coefficient (Wildman–Crippen LogP) is 3.09. The van der Waals surface area contributed by atoms with Gasteiger partial charge in [-0.05, 0) is 11.6 Å². The van der Waals surface area contributed by atoms with Crippen LogP contribution in [0, 0.1) is 0 Å². The first-order valence-corrected chi connectivity index (χ1v) is 7.35. The van der Waals surface area contributed by atoms with Crippen molar-refractivity contribution in [2.24, 2.45) is 5.73 Å². The molecular weight excluding hydrogens is 274 g/mol. The largest absolute Gasteiger partial charge is 0.488 e. The fourth-order valence-corrected chi connectivity index (χ4v) is 2.32. The highest BCUT2D eigenvalue weighted by Crippen LogP contribution is 2.30. The van der Waals surface area contributed by atoms with E-state index in [1.54, 1.807) is 0 Å². The quantitative estimate of drug-likeness (QED) is 0.760. The molecule has 0 aliphatic carbocycles. The van der Waals surface area contributed by atoms with E-state index in [9.17, 15) is 0 Å². The van der Waals surface area contributed by atoms with E-state index in [0.29, 0.717) is 19.7 Å². The standard InChI is InChI=1S/C18H19N3O/c19-10-11-21-13-16(12-20-21)17-8-4-5-9-18(17)22-14-15-6-2-1-3-7-15/h1-9,12-13H,10-11,14,19H2. The van der Waals surface area contributed by atoms with E-state index >= 15 is 0 Å². The third-order valence-corrected chi connectivity index (χ3v) is 3.43. The molecule has 0 saturated carbocycles. The Morgan fingerprint density at radius 2 is 1.77 bits per heavy atom. The van der Waals surface area contributed by atoms with Gasteiger partial charge >= 0.3 is 0 Å². The highest BCUT2D eigenvalue weighted by Gasteiger charge is 2.08. The summed E-state index contributed by atoms with van der Waals surface area (Å²) in [5.41, 5.74) is 8.80. The van der Waals surface area contributed by atoms with Crippen LogP contribution in [0.25, 0.3) is 11.1 Å². The van der Waals surface area contributed by atoms with Crippen LogP contribution < -0.4 is 10.5 Å². The Balaban J connectivity index is 1.80. The zero-order valence-electron chi connectivity index (χ0n) is 12.4. The Morgan fingerprint density at radius 3 is 2.59 bits per heavy atom. The highest BCUT2D eigenvalue weighted by molar-refractivity contribution is 5.69. The molecule has 1 aromatic heterocycles. The fraction of sp³-hybridized carbons (Fsp3) is 0.167. The summed E-state index contributed by atoms with van der Waals surface area (Å²) >= 11 is 0. The Kier molecular flexibility index (Phi) is 4.51. The Morgan fingerprint density at radius 1 is 1.00 bits per heavy atom. The van der Waals surface area contributed by atoms with Gasteiger partial charge in [-0.3, -0.25) is 4.68 Å². The fourth-order valence-electron chi connectivity index (χ4n) is 2.32. The van der Waals surface area contributed by atoms with Crippen molar-refractivity contribution in [2.75, 3.05) is 6.54 Å². The van der Waals surface area contributed by atoms with Gasteiger partial charge in [0.1, 0.15) is 12.4 Å². The van der Waals surface area contributed by atoms with Gasteiger partial charge in [0.25, 0.3) is 0 Å². The average molecular weight is 293 g/mol. The summed E-state index contributed by atoms with van der Waals surface area (Å²) in [4.78, 5) is 0. The van der Waals surface area contributed by atoms with Gasteiger partial charge in [0.05, 0.1) is 12.7 Å². The van der Waals surface area contributed by atoms with Gasteiger partial charge in [0.15, 0.2) is 0 Å². The number of ether oxygens (including phenoxy) is 1. The maximum absolute atomic E-state index is 5.99. The normalized spacial score (nSPS) is 10.6. The number of aromatic nitrogens is 2. The van der Waals surface area contributed by atoms with Crippen LogP contribution in [0.2, 0.25) is 0 Å². The van der Waals surface area contributed by atoms with Gasteiger partial charge in [0, 0.05) is 23.9 Å². The maximum Gasteiger partial charge on any atom is 0.127 e. The minimum absolute atomic E-state index is 0.550. The van der Waals surface area contributed by atoms with Crippen LogP contribution in [0.15, 0.2) is 67.0 Å². The van der Waals surface area contributed by atoms with Gasteiger partial charge in [-0.15, -0.1) is 0 Å². The lowest BCUT2D eigenvalue weighted by molar-refractivity contribution is 0.307. The second kappa shape index (κ2) is 6.91. The molecule has 0 radical (unpaired) electrons. The van der Waals surface area contributed by atoms with Crippen molar-refractivity contribution in [2.45, 2.75) is 13.2 Å². The lowest BCUT2D eigenvalue weighted by Crippen LogP contribution is -2.09. The first-order chi connectivity index (χ1) is 10.9. The zero-order valence-corrected chi connectivity index (χ0v) is 12.4. The molecule has 0 aliphatic heterocycles. The van der Waals surface area contributed by atoms with Gasteiger partial charge in [-0.25, -0.2) is 0 Å². The molecule has 0 amide bonds. The Bertz CT molecular complexity index is 722. The number of nitrogens with zero attached hydrogens (tertiary/aromatic N) is 2. The molecule has 4 heteroatoms. The molecule has 22 heavy (non-hydrogen) atoms. The van der Waals surface area contributed by atoms with Crippen molar-refractivity contribution in [1.29, 1.82) is 0 Å². The van der Waals surface area contributed by atoms with Gasteiger partial charge in [-0.1, -0.05) is 48.5 Å². The average Bonchev–Trinajstić information content (AvgIpc) is 3.03. The predicted molar refractivity (Wildman–Crippen MR) is 87.5 cm³/mol. The van der Waals surface area contributed by atoms with Gasteiger partial charge < -0.3 is 10.5 Å². The van der Waals surface area contributed by atoms with Crippen LogP contribution in [0.4, 0.5) is 0 Å². The van der Waals surface area contributed by atoms with Crippen molar-refractivity contribution >= 4 is 0 Å². The molecule has 4 nitrogen and oxygen atoms in total. The minimum Gasteiger partial charge on any atom is -0.488 e. The van der Waals surface area contributed by atoms with Gasteiger partial charge in [-0.2, -0.15) is 5.10 Å². The molecular formula is C18H19N3O. The maximum atomic E-state index is 5.99. The molecule has 0 bridgehead atoms. The second-order valence-corrected chi connectivity index (χ2v) is 5.05. The number of para-hydroxylation sites is 1. The summed E-state index contributed by atoms with van der Waals surface area (Å²) in [6.07, 6.45) is 3.85. The van der Waals surface area contributed by atoms with Crippen molar-refractivity contribution in [3.8, 4) is 16.9 Å². The lowest BCUT2D eigenvalue weighted by atomic mass is 10.1. The van der Waals surface area contributed by atoms with Gasteiger partial charge in [0.2, 0.25) is 0 Å². The van der Waals surface area contributed by atoms with E-state index in [-0.39, 0.29) is 0 Å². The Hall–Kier alpha value is -2.59. The number of hydrogen-bond acceptors (Lipinski definition) is 3. The van der Waals surface area contributed by atoms with Crippen LogP contribution in [0.1, 0.15) is 5.56 Å². The highest BCUT2D eigenvalue weighted by atomic mass is 16.5. The third kappa shape index (κ3) is 3.35. The summed E-state index contributed by atoms with van der Waals surface area (Å²) in [7, 11) is 0. The monoisotopic (exact) mass is 293 g/mol. The molecule has 2 N–H and O–H groups in total. The molecule has 1 heterocycles. The van der Waals surface area contributed by atoms with E-state index < -0.39 is 0 Å². The second-order valence-electron chi connectivity index (χ2n) is 5.05. The van der Waals surface area contributed by atoms with Crippen LogP contribution in [0.5, 0.6) is 5.75 Å². The SMILES string of the molecule is NCCn1cc(-c2ccccc2OCc2ccccc2)cn1. The molecule has 3 aromatic rings. The molecule has 0 aliphatic rings. The number of rotatable bonds is 6. The van der Waals surface area contributed by atoms with E-state index in [2.05, 4.69) is 17.2 Å². The molecule has 2 aromatic carbocycles. The Labute approximate surface area is 130 Å². The molecule has 0 fully saturated rings. The van der Waals surface area contributed by atoms with Crippen LogP contribution in [0.3, 0.4) is 0 Å². The van der Waals surface area contributed by atoms with Crippen LogP contribution in [-0.4, -0.2) is 16.3 Å². The van der Waals surface area contributed by atoms with E-state index in [1.807, 2.05) is 59.5 Å². The van der Waals surface area contributed by atoms with Crippen LogP contribution >= 0.6 is 0 Å². The van der Waals surface area contributed by atoms with Crippen molar-refractivity contribution < 1.29 is 4.74 Å². The number of nitrogens with two attached hydrogens (primary N) is 1. The summed E-state index contributed by atoms with van der Waals surface area (Å²) in [5.74, 6) is 0.860. The molecule has 3 rings (SSSR count). The first-order valence-electron chi connectivity index (χ1n) is 7.35. The first kappa shape index (κ1) is 14.4. The molecule has 0 atom stereocenters. The minimum atomic E-state index is 0.550. The van der Waals surface area contributed by atoms with Crippen molar-refractivity contribution in [1.82, 2.24) is 9.78 Å². The molecule has 0 saturated heterocycles. The third-order valence-electron chi connectivity index (χ3n) is 3.43. The van der Waals surface area contributed by atoms with Crippen molar-refractivity contribution in [3.05, 3.63) is 72.6 Å². The van der Waals surface area contributed by atoms with E-state index in [0.717, 1.165) is 22.4 Å². The zero-order chi connectivity index (χ0) is 15.2. The van der Waals surface area contributed by atoms with Crippen LogP contribution in [-0.2, 0) is 13.2 Å². The smallest absolute Gasteiger partial charge is 0.127 e. The summed E-state index contributed by atoms with van der Waals surface area (Å²) in [6, 6.07) is 18.2. The molecule has 0 unspecified atom stereocenters. The molecule has 0 spiro atoms. The molecule has 112 valence electrons. The summed E-state index contributed by atoms with van der Waals surface area (Å²) < 4.78 is 7.84. The lowest BCUT2D eigenvalue weighted by Gasteiger charge is -2.10. The summed E-state index contributed by atoms with van der Waals surface area (Å²) in [6.45, 7) is 1.84. The van der Waals surface area contributed by atoms with Crippen molar-refractivity contribution in [3.63, 3.8) is 0 Å². The number of benzene rings is 2.